The summed E-state index contributed by atoms with van der Waals surface area (Å²) in [7, 11) is 0. The van der Waals surface area contributed by atoms with Gasteiger partial charge in [0.1, 0.15) is 6.04 Å². The van der Waals surface area contributed by atoms with Gasteiger partial charge in [0.15, 0.2) is 5.78 Å². The summed E-state index contributed by atoms with van der Waals surface area (Å²) in [5.74, 6) is -1.26. The Balaban J connectivity index is 4.71. The van der Waals surface area contributed by atoms with E-state index in [4.69, 9.17) is 5.73 Å². The van der Waals surface area contributed by atoms with Gasteiger partial charge in [-0.05, 0) is 31.6 Å². The second-order valence-corrected chi connectivity index (χ2v) is 9.20. The SMILES string of the molecule is CC(C)C(=O)[C@H](CCCNC(N)=O)NC(=O)[C@@H](NC(=O)CCCCCNC(=O)CBr)C(C)C. The van der Waals surface area contributed by atoms with Gasteiger partial charge in [0.05, 0.1) is 11.4 Å². The minimum atomic E-state index is -0.762. The molecule has 0 bridgehead atoms. The molecule has 2 atom stereocenters. The number of alkyl halides is 1. The van der Waals surface area contributed by atoms with E-state index >= 15 is 0 Å². The molecule has 0 aliphatic carbocycles. The predicted molar refractivity (Wildman–Crippen MR) is 131 cm³/mol. The van der Waals surface area contributed by atoms with Gasteiger partial charge in [0.25, 0.3) is 0 Å². The zero-order valence-corrected chi connectivity index (χ0v) is 21.8. The molecule has 0 radical (unpaired) electrons. The summed E-state index contributed by atoms with van der Waals surface area (Å²) in [6.07, 6.45) is 3.29. The molecule has 0 heterocycles. The fourth-order valence-corrected chi connectivity index (χ4v) is 3.31. The fraction of sp³-hybridized carbons (Fsp3) is 0.773. The van der Waals surface area contributed by atoms with E-state index in [0.717, 1.165) is 12.8 Å². The number of nitrogens with two attached hydrogens (primary N) is 1. The first-order valence-electron chi connectivity index (χ1n) is 11.5. The Labute approximate surface area is 205 Å². The lowest BCUT2D eigenvalue weighted by molar-refractivity contribution is -0.133. The lowest BCUT2D eigenvalue weighted by Gasteiger charge is -2.26. The van der Waals surface area contributed by atoms with E-state index in [1.54, 1.807) is 13.8 Å². The van der Waals surface area contributed by atoms with Crippen molar-refractivity contribution in [3.05, 3.63) is 0 Å². The third-order valence-electron chi connectivity index (χ3n) is 4.99. The van der Waals surface area contributed by atoms with Gasteiger partial charge in [0, 0.05) is 25.4 Å². The molecule has 10 nitrogen and oxygen atoms in total. The zero-order chi connectivity index (χ0) is 25.4. The molecule has 0 aliphatic heterocycles. The van der Waals surface area contributed by atoms with E-state index in [1.807, 2.05) is 13.8 Å². The van der Waals surface area contributed by atoms with E-state index in [1.165, 1.54) is 0 Å². The van der Waals surface area contributed by atoms with Crippen molar-refractivity contribution in [2.24, 2.45) is 17.6 Å². The largest absolute Gasteiger partial charge is 0.355 e. The number of urea groups is 1. The highest BCUT2D eigenvalue weighted by Crippen LogP contribution is 2.10. The van der Waals surface area contributed by atoms with Crippen LogP contribution < -0.4 is 27.0 Å². The number of hydrogen-bond acceptors (Lipinski definition) is 5. The van der Waals surface area contributed by atoms with E-state index in [-0.39, 0.29) is 41.2 Å². The van der Waals surface area contributed by atoms with Crippen molar-refractivity contribution in [3.63, 3.8) is 0 Å². The molecule has 33 heavy (non-hydrogen) atoms. The number of carbonyl (C=O) groups is 5. The highest BCUT2D eigenvalue weighted by molar-refractivity contribution is 9.09. The van der Waals surface area contributed by atoms with Crippen molar-refractivity contribution < 1.29 is 24.0 Å². The first kappa shape index (κ1) is 30.8. The average molecular weight is 534 g/mol. The van der Waals surface area contributed by atoms with Crippen LogP contribution in [0.5, 0.6) is 0 Å². The van der Waals surface area contributed by atoms with Crippen LogP contribution in [0.4, 0.5) is 4.79 Å². The van der Waals surface area contributed by atoms with Gasteiger partial charge in [-0.15, -0.1) is 0 Å². The number of ketones is 1. The van der Waals surface area contributed by atoms with Gasteiger partial charge in [-0.1, -0.05) is 50.0 Å². The number of rotatable bonds is 17. The molecule has 0 saturated heterocycles. The summed E-state index contributed by atoms with van der Waals surface area (Å²) in [4.78, 5) is 59.8. The zero-order valence-electron chi connectivity index (χ0n) is 20.2. The maximum Gasteiger partial charge on any atom is 0.312 e. The van der Waals surface area contributed by atoms with Crippen LogP contribution in [0.15, 0.2) is 0 Å². The third kappa shape index (κ3) is 14.6. The maximum atomic E-state index is 12.9. The van der Waals surface area contributed by atoms with E-state index in [2.05, 4.69) is 37.2 Å². The summed E-state index contributed by atoms with van der Waals surface area (Å²) in [6, 6.07) is -2.11. The number of carbonyl (C=O) groups excluding carboxylic acids is 5. The van der Waals surface area contributed by atoms with Crippen molar-refractivity contribution in [1.82, 2.24) is 21.3 Å². The summed E-state index contributed by atoms with van der Waals surface area (Å²) in [6.45, 7) is 8.03. The molecule has 0 aromatic heterocycles. The van der Waals surface area contributed by atoms with Crippen LogP contribution >= 0.6 is 15.9 Å². The number of primary amides is 1. The molecule has 0 saturated carbocycles. The Kier molecular flexibility index (Phi) is 16.2. The molecule has 5 amide bonds. The minimum Gasteiger partial charge on any atom is -0.355 e. The Morgan fingerprint density at radius 1 is 0.818 bits per heavy atom. The van der Waals surface area contributed by atoms with Gasteiger partial charge < -0.3 is 27.0 Å². The van der Waals surface area contributed by atoms with Crippen LogP contribution in [0.25, 0.3) is 0 Å². The number of hydrogen-bond donors (Lipinski definition) is 5. The van der Waals surface area contributed by atoms with Crippen molar-refractivity contribution in [2.45, 2.75) is 78.3 Å². The van der Waals surface area contributed by atoms with Gasteiger partial charge in [-0.2, -0.15) is 0 Å². The third-order valence-corrected chi connectivity index (χ3v) is 5.50. The molecule has 0 aliphatic rings. The van der Waals surface area contributed by atoms with Gasteiger partial charge in [-0.3, -0.25) is 19.2 Å². The topological polar surface area (TPSA) is 159 Å². The van der Waals surface area contributed by atoms with Crippen molar-refractivity contribution in [3.8, 4) is 0 Å². The molecule has 11 heteroatoms. The fourth-order valence-electron chi connectivity index (χ4n) is 3.11. The average Bonchev–Trinajstić information content (AvgIpc) is 2.74. The smallest absolute Gasteiger partial charge is 0.312 e. The maximum absolute atomic E-state index is 12.9. The summed E-state index contributed by atoms with van der Waals surface area (Å²) in [5, 5.41) is 11.0. The number of halogens is 1. The quantitative estimate of drug-likeness (QED) is 0.141. The number of nitrogens with one attached hydrogen (secondary N) is 4. The molecule has 0 unspecified atom stereocenters. The predicted octanol–water partition coefficient (Wildman–Crippen LogP) is 1.36. The molecule has 190 valence electrons. The lowest BCUT2D eigenvalue weighted by atomic mass is 9.96. The molecule has 0 fully saturated rings. The highest BCUT2D eigenvalue weighted by atomic mass is 79.9. The summed E-state index contributed by atoms with van der Waals surface area (Å²) < 4.78 is 0. The van der Waals surface area contributed by atoms with Crippen molar-refractivity contribution >= 4 is 45.5 Å². The highest BCUT2D eigenvalue weighted by Gasteiger charge is 2.29. The minimum absolute atomic E-state index is 0.0723. The van der Waals surface area contributed by atoms with E-state index in [0.29, 0.717) is 32.4 Å². The molecule has 0 spiro atoms. The molecular formula is C22H40BrN5O5. The molecule has 6 N–H and O–H groups in total. The van der Waals surface area contributed by atoms with Crippen LogP contribution in [0.1, 0.15) is 66.2 Å². The van der Waals surface area contributed by atoms with Crippen LogP contribution in [-0.2, 0) is 19.2 Å². The Bertz CT molecular complexity index is 657. The van der Waals surface area contributed by atoms with Gasteiger partial charge >= 0.3 is 6.03 Å². The normalized spacial score (nSPS) is 12.7. The molecule has 0 aromatic carbocycles. The lowest BCUT2D eigenvalue weighted by Crippen LogP contribution is -2.54. The standard InChI is InChI=1S/C22H40BrN5O5/c1-14(2)19(28-17(29)10-6-5-7-11-25-18(30)13-23)21(32)27-16(20(31)15(3)4)9-8-12-26-22(24)33/h14-16,19H,5-13H2,1-4H3,(H,25,30)(H,27,32)(H,28,29)(H3,24,26,33)/t16-,19-/m0/s1. The second kappa shape index (κ2) is 17.3. The van der Waals surface area contributed by atoms with E-state index in [9.17, 15) is 24.0 Å². The van der Waals surface area contributed by atoms with Crippen molar-refractivity contribution in [1.29, 1.82) is 0 Å². The summed E-state index contributed by atoms with van der Waals surface area (Å²) >= 11 is 3.08. The van der Waals surface area contributed by atoms with Crippen LogP contribution in [0.2, 0.25) is 0 Å². The van der Waals surface area contributed by atoms with E-state index < -0.39 is 24.0 Å². The molecule has 0 rings (SSSR count). The molecular weight excluding hydrogens is 494 g/mol. The van der Waals surface area contributed by atoms with Gasteiger partial charge in [-0.25, -0.2) is 4.79 Å². The molecule has 0 aromatic rings. The Morgan fingerprint density at radius 3 is 2.00 bits per heavy atom. The monoisotopic (exact) mass is 533 g/mol. The number of unbranched alkanes of at least 4 members (excludes halogenated alkanes) is 2. The Hall–Kier alpha value is -2.17. The van der Waals surface area contributed by atoms with Crippen LogP contribution in [0, 0.1) is 11.8 Å². The van der Waals surface area contributed by atoms with Crippen LogP contribution in [-0.4, -0.2) is 60.0 Å². The first-order chi connectivity index (χ1) is 15.5. The van der Waals surface area contributed by atoms with Crippen LogP contribution in [0.3, 0.4) is 0 Å². The number of Topliss-reactive ketones (excluding diaryl/α,β-unsaturated/α-hetero) is 1. The Morgan fingerprint density at radius 2 is 1.45 bits per heavy atom. The number of amides is 5. The summed E-state index contributed by atoms with van der Waals surface area (Å²) in [5.41, 5.74) is 5.05. The van der Waals surface area contributed by atoms with Gasteiger partial charge in [0.2, 0.25) is 17.7 Å². The second-order valence-electron chi connectivity index (χ2n) is 8.63. The first-order valence-corrected chi connectivity index (χ1v) is 12.6. The van der Waals surface area contributed by atoms with Crippen molar-refractivity contribution in [2.75, 3.05) is 18.4 Å².